The van der Waals surface area contributed by atoms with Crippen molar-refractivity contribution in [3.8, 4) is 0 Å². The van der Waals surface area contributed by atoms with Crippen LogP contribution in [0.2, 0.25) is 0 Å². The van der Waals surface area contributed by atoms with Crippen LogP contribution in [-0.4, -0.2) is 24.2 Å². The van der Waals surface area contributed by atoms with Crippen molar-refractivity contribution in [3.63, 3.8) is 0 Å². The average Bonchev–Trinajstić information content (AvgIpc) is 2.34. The second-order valence-electron chi connectivity index (χ2n) is 3.11. The van der Waals surface area contributed by atoms with E-state index in [4.69, 9.17) is 4.74 Å². The Labute approximate surface area is 67.5 Å². The molecular weight excluding hydrogens is 144 g/mol. The largest absolute Gasteiger partial charge is 0.381 e. The Bertz CT molecular complexity index is 87.3. The van der Waals surface area contributed by atoms with E-state index in [1.54, 1.807) is 0 Å². The Kier molecular flexibility index (Phi) is 3.57. The lowest BCUT2D eigenvalue weighted by Crippen LogP contribution is -2.04. The van der Waals surface area contributed by atoms with Gasteiger partial charge in [0.1, 0.15) is 0 Å². The number of thioether (sulfide) groups is 1. The molecule has 1 heterocycles. The number of hydrogen-bond acceptors (Lipinski definition) is 2. The molecule has 1 unspecified atom stereocenters. The monoisotopic (exact) mass is 160 g/mol. The van der Waals surface area contributed by atoms with Crippen LogP contribution in [0.1, 0.15) is 20.3 Å². The van der Waals surface area contributed by atoms with Crippen molar-refractivity contribution in [2.45, 2.75) is 25.5 Å². The molecule has 0 aromatic rings. The van der Waals surface area contributed by atoms with Gasteiger partial charge in [-0.2, -0.15) is 11.8 Å². The first-order valence-corrected chi connectivity index (χ1v) is 5.03. The molecule has 0 bridgehead atoms. The molecule has 0 aromatic heterocycles. The molecule has 10 heavy (non-hydrogen) atoms. The van der Waals surface area contributed by atoms with Gasteiger partial charge >= 0.3 is 0 Å². The Balaban J connectivity index is 2.01. The molecular formula is C8H16OS. The maximum Gasteiger partial charge on any atom is 0.0503 e. The number of hydrogen-bond donors (Lipinski definition) is 0. The highest BCUT2D eigenvalue weighted by atomic mass is 32.2. The fourth-order valence-corrected chi connectivity index (χ4v) is 1.96. The van der Waals surface area contributed by atoms with Crippen molar-refractivity contribution >= 4 is 11.8 Å². The first kappa shape index (κ1) is 8.41. The van der Waals surface area contributed by atoms with E-state index in [1.807, 2.05) is 11.8 Å². The van der Waals surface area contributed by atoms with Gasteiger partial charge in [-0.05, 0) is 23.3 Å². The van der Waals surface area contributed by atoms with Crippen LogP contribution in [0.25, 0.3) is 0 Å². The van der Waals surface area contributed by atoms with Crippen molar-refractivity contribution in [1.82, 2.24) is 0 Å². The van der Waals surface area contributed by atoms with Gasteiger partial charge in [-0.3, -0.25) is 0 Å². The molecule has 1 rings (SSSR count). The fourth-order valence-electron chi connectivity index (χ4n) is 1.04. The summed E-state index contributed by atoms with van der Waals surface area (Å²) in [6.07, 6.45) is 1.28. The summed E-state index contributed by atoms with van der Waals surface area (Å²) < 4.78 is 5.28. The van der Waals surface area contributed by atoms with E-state index in [-0.39, 0.29) is 0 Å². The van der Waals surface area contributed by atoms with Crippen molar-refractivity contribution < 1.29 is 4.74 Å². The average molecular weight is 160 g/mol. The Morgan fingerprint density at radius 1 is 1.60 bits per heavy atom. The molecule has 1 atom stereocenters. The van der Waals surface area contributed by atoms with Gasteiger partial charge in [0.2, 0.25) is 0 Å². The minimum absolute atomic E-state index is 0.778. The van der Waals surface area contributed by atoms with Crippen LogP contribution in [0.15, 0.2) is 0 Å². The molecule has 1 saturated heterocycles. The summed E-state index contributed by atoms with van der Waals surface area (Å²) in [4.78, 5) is 0. The Morgan fingerprint density at radius 2 is 2.40 bits per heavy atom. The third kappa shape index (κ3) is 2.93. The van der Waals surface area contributed by atoms with E-state index >= 15 is 0 Å². The molecule has 1 nitrogen and oxygen atoms in total. The highest BCUT2D eigenvalue weighted by Crippen LogP contribution is 2.20. The molecule has 2 heteroatoms. The third-order valence-electron chi connectivity index (χ3n) is 1.69. The normalized spacial score (nSPS) is 26.1. The topological polar surface area (TPSA) is 9.23 Å². The summed E-state index contributed by atoms with van der Waals surface area (Å²) in [6.45, 7) is 6.49. The van der Waals surface area contributed by atoms with Gasteiger partial charge in [-0.25, -0.2) is 0 Å². The first-order chi connectivity index (χ1) is 4.79. The SMILES string of the molecule is CC(C)SCC1CCOC1. The molecule has 0 N–H and O–H groups in total. The highest BCUT2D eigenvalue weighted by molar-refractivity contribution is 7.99. The summed E-state index contributed by atoms with van der Waals surface area (Å²) >= 11 is 2.05. The van der Waals surface area contributed by atoms with Crippen LogP contribution in [0.4, 0.5) is 0 Å². The smallest absolute Gasteiger partial charge is 0.0503 e. The molecule has 0 amide bonds. The van der Waals surface area contributed by atoms with Crippen LogP contribution in [0.3, 0.4) is 0 Å². The maximum absolute atomic E-state index is 5.28. The van der Waals surface area contributed by atoms with E-state index < -0.39 is 0 Å². The van der Waals surface area contributed by atoms with Gasteiger partial charge in [-0.1, -0.05) is 13.8 Å². The summed E-state index contributed by atoms with van der Waals surface area (Å²) in [5, 5.41) is 0.778. The number of rotatable bonds is 3. The van der Waals surface area contributed by atoms with Crippen LogP contribution < -0.4 is 0 Å². The standard InChI is InChI=1S/C8H16OS/c1-7(2)10-6-8-3-4-9-5-8/h7-8H,3-6H2,1-2H3. The summed E-state index contributed by atoms with van der Waals surface area (Å²) in [5.41, 5.74) is 0. The third-order valence-corrected chi connectivity index (χ3v) is 3.02. The van der Waals surface area contributed by atoms with E-state index in [1.165, 1.54) is 12.2 Å². The highest BCUT2D eigenvalue weighted by Gasteiger charge is 2.15. The zero-order valence-corrected chi connectivity index (χ0v) is 7.62. The summed E-state index contributed by atoms with van der Waals surface area (Å²) in [6, 6.07) is 0. The van der Waals surface area contributed by atoms with Gasteiger partial charge in [0, 0.05) is 6.61 Å². The van der Waals surface area contributed by atoms with Gasteiger partial charge in [-0.15, -0.1) is 0 Å². The predicted octanol–water partition coefficient (Wildman–Crippen LogP) is 2.16. The van der Waals surface area contributed by atoms with Crippen LogP contribution in [0, 0.1) is 5.92 Å². The van der Waals surface area contributed by atoms with E-state index in [0.717, 1.165) is 24.4 Å². The molecule has 0 saturated carbocycles. The van der Waals surface area contributed by atoms with E-state index in [0.29, 0.717) is 0 Å². The minimum Gasteiger partial charge on any atom is -0.381 e. The Hall–Kier alpha value is 0.310. The second-order valence-corrected chi connectivity index (χ2v) is 4.72. The van der Waals surface area contributed by atoms with E-state index in [9.17, 15) is 0 Å². The molecule has 0 aromatic carbocycles. The Morgan fingerprint density at radius 3 is 2.90 bits per heavy atom. The molecule has 0 radical (unpaired) electrons. The van der Waals surface area contributed by atoms with Crippen LogP contribution in [0.5, 0.6) is 0 Å². The van der Waals surface area contributed by atoms with Crippen LogP contribution >= 0.6 is 11.8 Å². The molecule has 0 spiro atoms. The van der Waals surface area contributed by atoms with Crippen molar-refractivity contribution in [2.75, 3.05) is 19.0 Å². The van der Waals surface area contributed by atoms with Crippen molar-refractivity contribution in [2.24, 2.45) is 5.92 Å². The lowest BCUT2D eigenvalue weighted by molar-refractivity contribution is 0.189. The first-order valence-electron chi connectivity index (χ1n) is 3.98. The molecule has 1 aliphatic heterocycles. The zero-order chi connectivity index (χ0) is 7.40. The van der Waals surface area contributed by atoms with Crippen molar-refractivity contribution in [1.29, 1.82) is 0 Å². The maximum atomic E-state index is 5.28. The van der Waals surface area contributed by atoms with Gasteiger partial charge in [0.15, 0.2) is 0 Å². The molecule has 0 aliphatic carbocycles. The quantitative estimate of drug-likeness (QED) is 0.625. The van der Waals surface area contributed by atoms with Gasteiger partial charge in [0.25, 0.3) is 0 Å². The fraction of sp³-hybridized carbons (Fsp3) is 1.00. The molecule has 1 fully saturated rings. The minimum atomic E-state index is 0.778. The van der Waals surface area contributed by atoms with Gasteiger partial charge in [0.05, 0.1) is 6.61 Å². The molecule has 1 aliphatic rings. The molecule has 60 valence electrons. The number of ether oxygens (including phenoxy) is 1. The second kappa shape index (κ2) is 4.24. The van der Waals surface area contributed by atoms with Gasteiger partial charge < -0.3 is 4.74 Å². The summed E-state index contributed by atoms with van der Waals surface area (Å²) in [5.74, 6) is 2.13. The predicted molar refractivity (Wildman–Crippen MR) is 46.5 cm³/mol. The van der Waals surface area contributed by atoms with Crippen LogP contribution in [-0.2, 0) is 4.74 Å². The lowest BCUT2D eigenvalue weighted by atomic mass is 10.2. The zero-order valence-electron chi connectivity index (χ0n) is 6.80. The van der Waals surface area contributed by atoms with E-state index in [2.05, 4.69) is 13.8 Å². The lowest BCUT2D eigenvalue weighted by Gasteiger charge is -2.08. The summed E-state index contributed by atoms with van der Waals surface area (Å²) in [7, 11) is 0. The van der Waals surface area contributed by atoms with Crippen molar-refractivity contribution in [3.05, 3.63) is 0 Å².